The van der Waals surface area contributed by atoms with Crippen molar-refractivity contribution in [2.24, 2.45) is 0 Å². The third kappa shape index (κ3) is 3.74. The van der Waals surface area contributed by atoms with E-state index in [0.29, 0.717) is 17.3 Å². The number of rotatable bonds is 4. The molecule has 0 radical (unpaired) electrons. The van der Waals surface area contributed by atoms with E-state index in [1.165, 1.54) is 29.3 Å². The Balaban J connectivity index is 1.57. The summed E-state index contributed by atoms with van der Waals surface area (Å²) in [5, 5.41) is 18.6. The van der Waals surface area contributed by atoms with Crippen LogP contribution in [0.5, 0.6) is 0 Å². The summed E-state index contributed by atoms with van der Waals surface area (Å²) in [5.74, 6) is 1.05. The molecule has 4 rings (SSSR count). The van der Waals surface area contributed by atoms with Crippen LogP contribution in [0.15, 0.2) is 39.8 Å². The molecule has 0 fully saturated rings. The lowest BCUT2D eigenvalue weighted by Gasteiger charge is -2.17. The Morgan fingerprint density at radius 3 is 2.70 bits per heavy atom. The third-order valence-corrected chi connectivity index (χ3v) is 5.85. The normalized spacial score (nSPS) is 14.4. The Bertz CT molecular complexity index is 1000. The maximum Gasteiger partial charge on any atom is 0.247 e. The molecule has 0 amide bonds. The van der Waals surface area contributed by atoms with Crippen molar-refractivity contribution in [1.82, 2.24) is 15.2 Å². The molecule has 1 aliphatic carbocycles. The lowest BCUT2D eigenvalue weighted by molar-refractivity contribution is 0.509. The van der Waals surface area contributed by atoms with Crippen molar-refractivity contribution in [3.8, 4) is 17.5 Å². The predicted molar refractivity (Wildman–Crippen MR) is 104 cm³/mol. The number of benzene rings is 1. The predicted octanol–water partition coefficient (Wildman–Crippen LogP) is 5.04. The zero-order valence-corrected chi connectivity index (χ0v) is 16.2. The molecule has 1 atom stereocenters. The molecule has 2 aromatic heterocycles. The van der Waals surface area contributed by atoms with Gasteiger partial charge in [-0.1, -0.05) is 29.5 Å². The summed E-state index contributed by atoms with van der Waals surface area (Å²) in [6.07, 6.45) is 4.34. The minimum atomic E-state index is -0.0852. The molecule has 0 spiro atoms. The number of thioether (sulfide) groups is 1. The number of hydrogen-bond acceptors (Lipinski definition) is 6. The summed E-state index contributed by atoms with van der Waals surface area (Å²) in [7, 11) is 0. The van der Waals surface area contributed by atoms with Gasteiger partial charge >= 0.3 is 0 Å². The monoisotopic (exact) mass is 376 g/mol. The van der Waals surface area contributed by atoms with Crippen LogP contribution < -0.4 is 0 Å². The largest absolute Gasteiger partial charge is 0.419 e. The van der Waals surface area contributed by atoms with Crippen LogP contribution in [0.2, 0.25) is 0 Å². The first-order valence-corrected chi connectivity index (χ1v) is 10.0. The van der Waals surface area contributed by atoms with Gasteiger partial charge in [0.2, 0.25) is 11.8 Å². The number of nitriles is 1. The maximum absolute atomic E-state index is 9.52. The lowest BCUT2D eigenvalue weighted by atomic mass is 9.95. The SMILES string of the molecule is Cc1ccc(-c2nnc(C(C)Sc3nc4c(cc3C#N)CCCC4)o2)cc1. The van der Waals surface area contributed by atoms with Crippen LogP contribution in [0.25, 0.3) is 11.5 Å². The molecule has 1 aliphatic rings. The number of aryl methyl sites for hydroxylation is 3. The van der Waals surface area contributed by atoms with E-state index in [4.69, 9.17) is 9.40 Å². The van der Waals surface area contributed by atoms with E-state index in [0.717, 1.165) is 35.5 Å². The Morgan fingerprint density at radius 1 is 1.15 bits per heavy atom. The summed E-state index contributed by atoms with van der Waals surface area (Å²) in [6, 6.07) is 12.3. The van der Waals surface area contributed by atoms with Gasteiger partial charge < -0.3 is 4.42 Å². The van der Waals surface area contributed by atoms with Crippen LogP contribution >= 0.6 is 11.8 Å². The van der Waals surface area contributed by atoms with Crippen molar-refractivity contribution < 1.29 is 4.42 Å². The van der Waals surface area contributed by atoms with Crippen molar-refractivity contribution in [3.63, 3.8) is 0 Å². The second-order valence-electron chi connectivity index (χ2n) is 6.84. The molecule has 0 aliphatic heterocycles. The molecule has 3 aromatic rings. The highest BCUT2D eigenvalue weighted by Crippen LogP contribution is 2.37. The van der Waals surface area contributed by atoms with E-state index in [1.54, 1.807) is 0 Å². The standard InChI is InChI=1S/C21H20N4OS/c1-13-7-9-15(10-8-13)20-25-24-19(26-20)14(2)27-21-17(12-22)11-16-5-3-4-6-18(16)23-21/h7-11,14H,3-6H2,1-2H3. The quantitative estimate of drug-likeness (QED) is 0.594. The van der Waals surface area contributed by atoms with Gasteiger partial charge in [-0.3, -0.25) is 0 Å². The number of pyridine rings is 1. The summed E-state index contributed by atoms with van der Waals surface area (Å²) >= 11 is 1.50. The van der Waals surface area contributed by atoms with Gasteiger partial charge in [-0.05, 0) is 63.3 Å². The Kier molecular flexibility index (Phi) is 4.95. The molecule has 27 heavy (non-hydrogen) atoms. The van der Waals surface area contributed by atoms with Crippen molar-refractivity contribution in [3.05, 3.63) is 58.6 Å². The fourth-order valence-electron chi connectivity index (χ4n) is 3.21. The van der Waals surface area contributed by atoms with Crippen LogP contribution in [0, 0.1) is 18.3 Å². The van der Waals surface area contributed by atoms with E-state index in [2.05, 4.69) is 16.3 Å². The number of fused-ring (bicyclic) bond motifs is 1. The molecule has 2 heterocycles. The van der Waals surface area contributed by atoms with Crippen LogP contribution in [-0.2, 0) is 12.8 Å². The molecule has 6 heteroatoms. The topological polar surface area (TPSA) is 75.6 Å². The molecule has 5 nitrogen and oxygen atoms in total. The minimum Gasteiger partial charge on any atom is -0.419 e. The second kappa shape index (κ2) is 7.53. The molecule has 0 N–H and O–H groups in total. The van der Waals surface area contributed by atoms with Crippen molar-refractivity contribution in [2.45, 2.75) is 49.8 Å². The van der Waals surface area contributed by atoms with Crippen molar-refractivity contribution in [1.29, 1.82) is 5.26 Å². The molecule has 136 valence electrons. The van der Waals surface area contributed by atoms with Gasteiger partial charge in [-0.25, -0.2) is 4.98 Å². The molecule has 0 saturated carbocycles. The fourth-order valence-corrected chi connectivity index (χ4v) is 4.14. The van der Waals surface area contributed by atoms with Gasteiger partial charge in [-0.15, -0.1) is 10.2 Å². The number of aromatic nitrogens is 3. The molecular weight excluding hydrogens is 356 g/mol. The third-order valence-electron chi connectivity index (χ3n) is 4.76. The molecular formula is C21H20N4OS. The van der Waals surface area contributed by atoms with E-state index >= 15 is 0 Å². The van der Waals surface area contributed by atoms with Crippen molar-refractivity contribution >= 4 is 11.8 Å². The Labute approximate surface area is 162 Å². The Morgan fingerprint density at radius 2 is 1.93 bits per heavy atom. The highest BCUT2D eigenvalue weighted by atomic mass is 32.2. The van der Waals surface area contributed by atoms with E-state index in [1.807, 2.05) is 44.2 Å². The summed E-state index contributed by atoms with van der Waals surface area (Å²) in [5.41, 5.74) is 5.06. The second-order valence-corrected chi connectivity index (χ2v) is 8.17. The van der Waals surface area contributed by atoms with Gasteiger partial charge in [0.05, 0.1) is 10.8 Å². The highest BCUT2D eigenvalue weighted by molar-refractivity contribution is 7.99. The summed E-state index contributed by atoms with van der Waals surface area (Å²) in [4.78, 5) is 4.77. The lowest BCUT2D eigenvalue weighted by Crippen LogP contribution is -2.07. The number of hydrogen-bond donors (Lipinski definition) is 0. The average molecular weight is 376 g/mol. The molecule has 1 unspecified atom stereocenters. The zero-order valence-electron chi connectivity index (χ0n) is 15.4. The summed E-state index contributed by atoms with van der Waals surface area (Å²) in [6.45, 7) is 4.04. The first-order chi connectivity index (χ1) is 13.1. The van der Waals surface area contributed by atoms with Gasteiger partial charge in [0.1, 0.15) is 11.1 Å². The molecule has 0 saturated heterocycles. The van der Waals surface area contributed by atoms with Crippen LogP contribution in [-0.4, -0.2) is 15.2 Å². The maximum atomic E-state index is 9.52. The molecule has 1 aromatic carbocycles. The van der Waals surface area contributed by atoms with Crippen LogP contribution in [0.1, 0.15) is 53.3 Å². The van der Waals surface area contributed by atoms with Gasteiger partial charge in [0.15, 0.2) is 0 Å². The smallest absolute Gasteiger partial charge is 0.247 e. The van der Waals surface area contributed by atoms with E-state index < -0.39 is 0 Å². The highest BCUT2D eigenvalue weighted by Gasteiger charge is 2.21. The van der Waals surface area contributed by atoms with Crippen LogP contribution in [0.3, 0.4) is 0 Å². The molecule has 0 bridgehead atoms. The van der Waals surface area contributed by atoms with Gasteiger partial charge in [0, 0.05) is 11.3 Å². The van der Waals surface area contributed by atoms with Crippen LogP contribution in [0.4, 0.5) is 0 Å². The first kappa shape index (κ1) is 17.7. The van der Waals surface area contributed by atoms with Gasteiger partial charge in [-0.2, -0.15) is 5.26 Å². The Hall–Kier alpha value is -2.65. The minimum absolute atomic E-state index is 0.0852. The van der Waals surface area contributed by atoms with E-state index in [-0.39, 0.29) is 5.25 Å². The van der Waals surface area contributed by atoms with Crippen molar-refractivity contribution in [2.75, 3.05) is 0 Å². The van der Waals surface area contributed by atoms with E-state index in [9.17, 15) is 5.26 Å². The fraction of sp³-hybridized carbons (Fsp3) is 0.333. The zero-order chi connectivity index (χ0) is 18.8. The summed E-state index contributed by atoms with van der Waals surface area (Å²) < 4.78 is 5.88. The van der Waals surface area contributed by atoms with Gasteiger partial charge in [0.25, 0.3) is 0 Å². The average Bonchev–Trinajstić information content (AvgIpc) is 3.18. The first-order valence-electron chi connectivity index (χ1n) is 9.14. The number of nitrogens with zero attached hydrogens (tertiary/aromatic N) is 4.